The molecule has 1 aromatic heterocycles. The highest BCUT2D eigenvalue weighted by Crippen LogP contribution is 2.33. The van der Waals surface area contributed by atoms with E-state index in [1.165, 1.54) is 0 Å². The lowest BCUT2D eigenvalue weighted by Gasteiger charge is -2.22. The average molecular weight is 551 g/mol. The number of nitrogens with zero attached hydrogens (tertiary/aromatic N) is 2. The van der Waals surface area contributed by atoms with Crippen molar-refractivity contribution in [1.29, 1.82) is 0 Å². The van der Waals surface area contributed by atoms with Crippen molar-refractivity contribution in [2.24, 2.45) is 0 Å². The van der Waals surface area contributed by atoms with Crippen LogP contribution in [-0.4, -0.2) is 65.8 Å². The number of rotatable bonds is 11. The normalized spacial score (nSPS) is 15.7. The number of amides is 2. The van der Waals surface area contributed by atoms with E-state index in [0.29, 0.717) is 30.6 Å². The smallest absolute Gasteiger partial charge is 0.346 e. The van der Waals surface area contributed by atoms with Gasteiger partial charge in [-0.2, -0.15) is 4.37 Å². The van der Waals surface area contributed by atoms with Gasteiger partial charge in [-0.1, -0.05) is 11.6 Å². The summed E-state index contributed by atoms with van der Waals surface area (Å²) in [4.78, 5) is 26.8. The van der Waals surface area contributed by atoms with Crippen LogP contribution in [0.4, 0.5) is 23.0 Å². The molecule has 3 N–H and O–H groups in total. The second kappa shape index (κ2) is 13.1. The molecule has 1 saturated heterocycles. The minimum atomic E-state index is -1.52. The first-order valence-corrected chi connectivity index (χ1v) is 12.3. The number of halogens is 4. The van der Waals surface area contributed by atoms with E-state index in [4.69, 9.17) is 21.1 Å². The fourth-order valence-corrected chi connectivity index (χ4v) is 4.70. The third kappa shape index (κ3) is 6.78. The lowest BCUT2D eigenvalue weighted by molar-refractivity contribution is 0.0596. The Morgan fingerprint density at radius 3 is 2.81 bits per heavy atom. The molecule has 3 rings (SSSR count). The summed E-state index contributed by atoms with van der Waals surface area (Å²) in [6, 6.07) is 0.211. The number of ether oxygens (including phenoxy) is 2. The maximum atomic E-state index is 14.1. The zero-order chi connectivity index (χ0) is 26.2. The van der Waals surface area contributed by atoms with E-state index in [-0.39, 0.29) is 29.1 Å². The number of benzene rings is 1. The zero-order valence-electron chi connectivity index (χ0n) is 19.4. The third-order valence-corrected chi connectivity index (χ3v) is 6.73. The first-order valence-electron chi connectivity index (χ1n) is 11.2. The minimum absolute atomic E-state index is 0.000403. The second-order valence-electron chi connectivity index (χ2n) is 8.02. The molecule has 14 heteroatoms. The van der Waals surface area contributed by atoms with Gasteiger partial charge in [-0.25, -0.2) is 22.8 Å². The van der Waals surface area contributed by atoms with Crippen molar-refractivity contribution in [3.05, 3.63) is 39.7 Å². The summed E-state index contributed by atoms with van der Waals surface area (Å²) in [6.45, 7) is 1.51. The van der Waals surface area contributed by atoms with E-state index in [0.717, 1.165) is 39.5 Å². The van der Waals surface area contributed by atoms with Crippen molar-refractivity contribution in [1.82, 2.24) is 14.6 Å². The van der Waals surface area contributed by atoms with E-state index < -0.39 is 46.6 Å². The molecule has 36 heavy (non-hydrogen) atoms. The lowest BCUT2D eigenvalue weighted by Crippen LogP contribution is -2.34. The molecule has 0 aliphatic carbocycles. The van der Waals surface area contributed by atoms with Crippen LogP contribution in [0, 0.1) is 17.5 Å². The number of nitrogens with one attached hydrogen (secondary N) is 2. The number of esters is 1. The molecular weight excluding hydrogens is 525 g/mol. The summed E-state index contributed by atoms with van der Waals surface area (Å²) in [7, 11) is 1.10. The standard InChI is InChI=1S/C22H26ClF3N4O5S/c1-34-21(32)16-19(35-11-13-15(24)9-14(23)18(26)17(13)25)29-36-20(16)28-22(33)27-6-2-3-7-30-8-4-5-12(30)10-31/h9,12,31H,2-8,10-11H2,1H3,(H2,27,28,33). The van der Waals surface area contributed by atoms with E-state index in [9.17, 15) is 27.9 Å². The Labute approximate surface area is 214 Å². The number of hydrogen-bond donors (Lipinski definition) is 3. The van der Waals surface area contributed by atoms with Gasteiger partial charge in [0, 0.05) is 12.6 Å². The quantitative estimate of drug-likeness (QED) is 0.168. The molecular formula is C22H26ClF3N4O5S. The molecule has 1 aromatic carbocycles. The van der Waals surface area contributed by atoms with Gasteiger partial charge in [0.05, 0.1) is 24.3 Å². The molecule has 1 atom stereocenters. The van der Waals surface area contributed by atoms with Crippen LogP contribution in [0.15, 0.2) is 6.07 Å². The maximum absolute atomic E-state index is 14.1. The molecule has 0 radical (unpaired) electrons. The molecule has 0 spiro atoms. The van der Waals surface area contributed by atoms with Gasteiger partial charge >= 0.3 is 12.0 Å². The zero-order valence-corrected chi connectivity index (χ0v) is 21.0. The minimum Gasteiger partial charge on any atom is -0.471 e. The number of aliphatic hydroxyl groups excluding tert-OH is 1. The molecule has 198 valence electrons. The highest BCUT2D eigenvalue weighted by molar-refractivity contribution is 7.11. The molecule has 2 amide bonds. The number of unbranched alkanes of at least 4 members (excludes halogenated alkanes) is 1. The van der Waals surface area contributed by atoms with Crippen LogP contribution >= 0.6 is 23.1 Å². The van der Waals surface area contributed by atoms with Crippen molar-refractivity contribution >= 4 is 40.1 Å². The number of carbonyl (C=O) groups excluding carboxylic acids is 2. The maximum Gasteiger partial charge on any atom is 0.346 e. The first kappa shape index (κ1) is 28.0. The van der Waals surface area contributed by atoms with Crippen LogP contribution in [0.2, 0.25) is 5.02 Å². The van der Waals surface area contributed by atoms with Gasteiger partial charge in [0.25, 0.3) is 0 Å². The van der Waals surface area contributed by atoms with Gasteiger partial charge in [0.2, 0.25) is 5.88 Å². The van der Waals surface area contributed by atoms with Crippen molar-refractivity contribution in [3.8, 4) is 5.88 Å². The van der Waals surface area contributed by atoms with Crippen LogP contribution in [0.1, 0.15) is 41.6 Å². The number of methoxy groups -OCH3 is 1. The Morgan fingerprint density at radius 1 is 1.31 bits per heavy atom. The third-order valence-electron chi connectivity index (χ3n) is 5.71. The molecule has 2 aromatic rings. The van der Waals surface area contributed by atoms with Gasteiger partial charge in [0.15, 0.2) is 17.2 Å². The van der Waals surface area contributed by atoms with Gasteiger partial charge in [0.1, 0.15) is 17.4 Å². The number of carbonyl (C=O) groups is 2. The Hall–Kier alpha value is -2.61. The lowest BCUT2D eigenvalue weighted by atomic mass is 10.2. The molecule has 1 fully saturated rings. The molecule has 0 saturated carbocycles. The number of aliphatic hydroxyl groups is 1. The van der Waals surface area contributed by atoms with Gasteiger partial charge in [-0.05, 0) is 56.4 Å². The van der Waals surface area contributed by atoms with E-state index >= 15 is 0 Å². The van der Waals surface area contributed by atoms with Crippen molar-refractivity contribution in [2.75, 3.05) is 38.7 Å². The van der Waals surface area contributed by atoms with Crippen LogP contribution in [0.3, 0.4) is 0 Å². The summed E-state index contributed by atoms with van der Waals surface area (Å²) in [5.74, 6) is -5.34. The summed E-state index contributed by atoms with van der Waals surface area (Å²) in [5, 5.41) is 13.8. The SMILES string of the molecule is COC(=O)c1c(OCc2c(F)cc(Cl)c(F)c2F)nsc1NC(=O)NCCCCN1CCCC1CO. The van der Waals surface area contributed by atoms with E-state index in [1.807, 2.05) is 0 Å². The molecule has 9 nitrogen and oxygen atoms in total. The van der Waals surface area contributed by atoms with Crippen molar-refractivity contribution in [3.63, 3.8) is 0 Å². The second-order valence-corrected chi connectivity index (χ2v) is 9.20. The fraction of sp³-hybridized carbons (Fsp3) is 0.500. The van der Waals surface area contributed by atoms with Crippen molar-refractivity contribution < 1.29 is 37.3 Å². The van der Waals surface area contributed by atoms with Crippen LogP contribution < -0.4 is 15.4 Å². The van der Waals surface area contributed by atoms with Crippen molar-refractivity contribution in [2.45, 2.75) is 38.3 Å². The van der Waals surface area contributed by atoms with E-state index in [1.54, 1.807) is 0 Å². The van der Waals surface area contributed by atoms with Gasteiger partial charge in [-0.3, -0.25) is 10.2 Å². The number of anilines is 1. The number of urea groups is 1. The molecule has 1 aliphatic rings. The van der Waals surface area contributed by atoms with Crippen LogP contribution in [-0.2, 0) is 11.3 Å². The fourth-order valence-electron chi connectivity index (χ4n) is 3.80. The topological polar surface area (TPSA) is 113 Å². The summed E-state index contributed by atoms with van der Waals surface area (Å²) in [5.41, 5.74) is -0.996. The molecule has 1 unspecified atom stereocenters. The summed E-state index contributed by atoms with van der Waals surface area (Å²) in [6.07, 6.45) is 3.59. The number of hydrogen-bond acceptors (Lipinski definition) is 8. The van der Waals surface area contributed by atoms with Gasteiger partial charge in [-0.15, -0.1) is 0 Å². The first-order chi connectivity index (χ1) is 17.3. The Morgan fingerprint density at radius 2 is 2.08 bits per heavy atom. The molecule has 2 heterocycles. The average Bonchev–Trinajstić information content (AvgIpc) is 3.48. The highest BCUT2D eigenvalue weighted by Gasteiger charge is 2.26. The Balaban J connectivity index is 1.56. The number of aromatic nitrogens is 1. The van der Waals surface area contributed by atoms with Gasteiger partial charge < -0.3 is 19.9 Å². The monoisotopic (exact) mass is 550 g/mol. The molecule has 1 aliphatic heterocycles. The number of likely N-dealkylation sites (tertiary alicyclic amines) is 1. The Bertz CT molecular complexity index is 1090. The Kier molecular flexibility index (Phi) is 10.2. The highest BCUT2D eigenvalue weighted by atomic mass is 35.5. The van der Waals surface area contributed by atoms with Crippen LogP contribution in [0.5, 0.6) is 5.88 Å². The predicted octanol–water partition coefficient (Wildman–Crippen LogP) is 3.94. The predicted molar refractivity (Wildman–Crippen MR) is 127 cm³/mol. The molecule has 0 bridgehead atoms. The largest absolute Gasteiger partial charge is 0.471 e. The van der Waals surface area contributed by atoms with E-state index in [2.05, 4.69) is 19.9 Å². The van der Waals surface area contributed by atoms with Crippen LogP contribution in [0.25, 0.3) is 0 Å². The summed E-state index contributed by atoms with van der Waals surface area (Å²) < 4.78 is 55.6. The summed E-state index contributed by atoms with van der Waals surface area (Å²) >= 11 is 6.12.